The zero-order valence-electron chi connectivity index (χ0n) is 16.4. The Balaban J connectivity index is 0.00000312. The monoisotopic (exact) mass is 467 g/mol. The zero-order valence-corrected chi connectivity index (χ0v) is 18.7. The highest BCUT2D eigenvalue weighted by Crippen LogP contribution is 2.20. The average molecular weight is 467 g/mol. The van der Waals surface area contributed by atoms with Gasteiger partial charge in [-0.3, -0.25) is 14.8 Å². The van der Waals surface area contributed by atoms with Crippen molar-refractivity contribution in [1.82, 2.24) is 20.4 Å². The standard InChI is InChI=1S/C18H37N5O.HI/c1-4-19-17(20-8-11-22-12-14-24-15-13-22)21-16-18(2,3)23-9-6-5-7-10-23;/h4-16H2,1-3H3,(H2,19,20,21);1H. The van der Waals surface area contributed by atoms with E-state index in [0.29, 0.717) is 0 Å². The molecule has 2 rings (SSSR count). The molecule has 0 spiro atoms. The molecule has 2 aliphatic rings. The van der Waals surface area contributed by atoms with E-state index in [1.807, 2.05) is 0 Å². The molecule has 0 saturated carbocycles. The number of halogens is 1. The van der Waals surface area contributed by atoms with Crippen LogP contribution in [0.4, 0.5) is 0 Å². The molecule has 2 saturated heterocycles. The molecule has 2 aliphatic heterocycles. The van der Waals surface area contributed by atoms with Gasteiger partial charge in [-0.25, -0.2) is 0 Å². The van der Waals surface area contributed by atoms with Gasteiger partial charge < -0.3 is 15.4 Å². The molecule has 0 radical (unpaired) electrons. The van der Waals surface area contributed by atoms with Crippen molar-refractivity contribution in [3.8, 4) is 0 Å². The number of guanidine groups is 1. The summed E-state index contributed by atoms with van der Waals surface area (Å²) in [4.78, 5) is 9.89. The first-order chi connectivity index (χ1) is 11.6. The summed E-state index contributed by atoms with van der Waals surface area (Å²) in [5.41, 5.74) is 0.132. The van der Waals surface area contributed by atoms with Crippen LogP contribution in [0.15, 0.2) is 4.99 Å². The minimum atomic E-state index is 0. The van der Waals surface area contributed by atoms with Crippen molar-refractivity contribution < 1.29 is 4.74 Å². The SMILES string of the molecule is CCNC(=NCC(C)(C)N1CCCCC1)NCCN1CCOCC1.I. The average Bonchev–Trinajstić information content (AvgIpc) is 2.61. The lowest BCUT2D eigenvalue weighted by atomic mass is 9.99. The third-order valence-corrected chi connectivity index (χ3v) is 5.00. The van der Waals surface area contributed by atoms with Crippen molar-refractivity contribution in [2.24, 2.45) is 4.99 Å². The van der Waals surface area contributed by atoms with Crippen LogP contribution < -0.4 is 10.6 Å². The Labute approximate surface area is 171 Å². The fourth-order valence-corrected chi connectivity index (χ4v) is 3.37. The predicted octanol–water partition coefficient (Wildman–Crippen LogP) is 1.76. The second-order valence-corrected chi connectivity index (χ2v) is 7.44. The molecular formula is C18H38IN5O. The maximum Gasteiger partial charge on any atom is 0.191 e. The molecule has 0 aromatic heterocycles. The molecule has 0 aromatic rings. The van der Waals surface area contributed by atoms with Crippen LogP contribution in [-0.2, 0) is 4.74 Å². The van der Waals surface area contributed by atoms with Crippen LogP contribution in [0.1, 0.15) is 40.0 Å². The van der Waals surface area contributed by atoms with E-state index < -0.39 is 0 Å². The van der Waals surface area contributed by atoms with Gasteiger partial charge in [-0.05, 0) is 46.7 Å². The van der Waals surface area contributed by atoms with E-state index in [1.54, 1.807) is 0 Å². The first-order valence-electron chi connectivity index (χ1n) is 9.69. The largest absolute Gasteiger partial charge is 0.379 e. The Bertz CT molecular complexity index is 380. The second kappa shape index (κ2) is 12.3. The Kier molecular flexibility index (Phi) is 11.3. The van der Waals surface area contributed by atoms with Crippen molar-refractivity contribution in [1.29, 1.82) is 0 Å². The summed E-state index contributed by atoms with van der Waals surface area (Å²) >= 11 is 0. The van der Waals surface area contributed by atoms with Gasteiger partial charge >= 0.3 is 0 Å². The number of piperidine rings is 1. The van der Waals surface area contributed by atoms with Crippen LogP contribution in [0.25, 0.3) is 0 Å². The Morgan fingerprint density at radius 3 is 2.36 bits per heavy atom. The lowest BCUT2D eigenvalue weighted by Crippen LogP contribution is -2.50. The van der Waals surface area contributed by atoms with E-state index >= 15 is 0 Å². The van der Waals surface area contributed by atoms with E-state index in [0.717, 1.165) is 58.4 Å². The fourth-order valence-electron chi connectivity index (χ4n) is 3.37. The number of nitrogens with one attached hydrogen (secondary N) is 2. The highest BCUT2D eigenvalue weighted by atomic mass is 127. The van der Waals surface area contributed by atoms with Crippen molar-refractivity contribution in [3.05, 3.63) is 0 Å². The van der Waals surface area contributed by atoms with E-state index in [9.17, 15) is 0 Å². The van der Waals surface area contributed by atoms with E-state index in [1.165, 1.54) is 32.4 Å². The molecule has 148 valence electrons. The van der Waals surface area contributed by atoms with Crippen LogP contribution in [-0.4, -0.2) is 86.9 Å². The van der Waals surface area contributed by atoms with E-state index in [2.05, 4.69) is 41.2 Å². The first-order valence-corrected chi connectivity index (χ1v) is 9.69. The third kappa shape index (κ3) is 8.41. The Morgan fingerprint density at radius 1 is 1.04 bits per heavy atom. The van der Waals surface area contributed by atoms with Crippen LogP contribution in [0.5, 0.6) is 0 Å². The normalized spacial score (nSPS) is 20.8. The molecule has 0 aliphatic carbocycles. The second-order valence-electron chi connectivity index (χ2n) is 7.44. The van der Waals surface area contributed by atoms with Crippen molar-refractivity contribution in [2.75, 3.05) is 65.6 Å². The van der Waals surface area contributed by atoms with Crippen LogP contribution >= 0.6 is 24.0 Å². The molecule has 7 heteroatoms. The number of ether oxygens (including phenoxy) is 1. The van der Waals surface area contributed by atoms with Gasteiger partial charge in [0.2, 0.25) is 0 Å². The molecular weight excluding hydrogens is 429 g/mol. The summed E-state index contributed by atoms with van der Waals surface area (Å²) in [5, 5.41) is 6.85. The minimum Gasteiger partial charge on any atom is -0.379 e. The molecule has 2 fully saturated rings. The summed E-state index contributed by atoms with van der Waals surface area (Å²) < 4.78 is 5.40. The summed E-state index contributed by atoms with van der Waals surface area (Å²) in [6.07, 6.45) is 4.03. The number of hydrogen-bond donors (Lipinski definition) is 2. The third-order valence-electron chi connectivity index (χ3n) is 5.00. The summed E-state index contributed by atoms with van der Waals surface area (Å²) in [7, 11) is 0. The smallest absolute Gasteiger partial charge is 0.191 e. The lowest BCUT2D eigenvalue weighted by molar-refractivity contribution is 0.0389. The van der Waals surface area contributed by atoms with Crippen molar-refractivity contribution >= 4 is 29.9 Å². The molecule has 2 heterocycles. The molecule has 0 atom stereocenters. The van der Waals surface area contributed by atoms with Gasteiger partial charge in [0.25, 0.3) is 0 Å². The number of nitrogens with zero attached hydrogens (tertiary/aromatic N) is 3. The maximum atomic E-state index is 5.40. The predicted molar refractivity (Wildman–Crippen MR) is 116 cm³/mol. The van der Waals surface area contributed by atoms with Crippen LogP contribution in [0, 0.1) is 0 Å². The number of likely N-dealkylation sites (tertiary alicyclic amines) is 1. The van der Waals surface area contributed by atoms with Gasteiger partial charge in [0.15, 0.2) is 5.96 Å². The first kappa shape index (κ1) is 22.9. The van der Waals surface area contributed by atoms with Gasteiger partial charge in [-0.2, -0.15) is 0 Å². The molecule has 0 amide bonds. The highest BCUT2D eigenvalue weighted by molar-refractivity contribution is 14.0. The zero-order chi connectivity index (χ0) is 17.3. The Morgan fingerprint density at radius 2 is 1.72 bits per heavy atom. The van der Waals surface area contributed by atoms with Crippen molar-refractivity contribution in [2.45, 2.75) is 45.6 Å². The molecule has 0 unspecified atom stereocenters. The van der Waals surface area contributed by atoms with Crippen LogP contribution in [0.3, 0.4) is 0 Å². The number of hydrogen-bond acceptors (Lipinski definition) is 4. The van der Waals surface area contributed by atoms with Crippen molar-refractivity contribution in [3.63, 3.8) is 0 Å². The number of aliphatic imine (C=N–C) groups is 1. The summed E-state index contributed by atoms with van der Waals surface area (Å²) in [6, 6.07) is 0. The maximum absolute atomic E-state index is 5.40. The summed E-state index contributed by atoms with van der Waals surface area (Å²) in [5.74, 6) is 0.941. The minimum absolute atomic E-state index is 0. The molecule has 0 aromatic carbocycles. The summed E-state index contributed by atoms with van der Waals surface area (Å²) in [6.45, 7) is 16.7. The van der Waals surface area contributed by atoms with Gasteiger partial charge in [0, 0.05) is 38.3 Å². The van der Waals surface area contributed by atoms with Gasteiger partial charge in [-0.1, -0.05) is 6.42 Å². The quantitative estimate of drug-likeness (QED) is 0.340. The van der Waals surface area contributed by atoms with E-state index in [-0.39, 0.29) is 29.5 Å². The number of rotatable bonds is 7. The van der Waals surface area contributed by atoms with Gasteiger partial charge in [0.1, 0.15) is 0 Å². The molecule has 0 bridgehead atoms. The van der Waals surface area contributed by atoms with Crippen LogP contribution in [0.2, 0.25) is 0 Å². The molecule has 2 N–H and O–H groups in total. The van der Waals surface area contributed by atoms with Gasteiger partial charge in [-0.15, -0.1) is 24.0 Å². The number of morpholine rings is 1. The molecule has 25 heavy (non-hydrogen) atoms. The molecule has 6 nitrogen and oxygen atoms in total. The fraction of sp³-hybridized carbons (Fsp3) is 0.944. The van der Waals surface area contributed by atoms with Gasteiger partial charge in [0.05, 0.1) is 19.8 Å². The highest BCUT2D eigenvalue weighted by Gasteiger charge is 2.27. The topological polar surface area (TPSA) is 52.1 Å². The van der Waals surface area contributed by atoms with E-state index in [4.69, 9.17) is 9.73 Å². The Hall–Kier alpha value is -0.120. The lowest BCUT2D eigenvalue weighted by Gasteiger charge is -2.40.